The molecule has 0 bridgehead atoms. The Morgan fingerprint density at radius 3 is 2.32 bits per heavy atom. The highest BCUT2D eigenvalue weighted by molar-refractivity contribution is 7.98. The highest BCUT2D eigenvalue weighted by Crippen LogP contribution is 2.37. The molecule has 0 radical (unpaired) electrons. The van der Waals surface area contributed by atoms with E-state index in [1.165, 1.54) is 23.1 Å². The fourth-order valence-corrected chi connectivity index (χ4v) is 5.13. The van der Waals surface area contributed by atoms with Crippen molar-refractivity contribution in [3.05, 3.63) is 75.8 Å². The van der Waals surface area contributed by atoms with Crippen LogP contribution in [0.2, 0.25) is 5.02 Å². The van der Waals surface area contributed by atoms with Crippen LogP contribution >= 0.6 is 34.7 Å². The minimum absolute atomic E-state index is 0.0584. The summed E-state index contributed by atoms with van der Waals surface area (Å²) in [7, 11) is 0. The summed E-state index contributed by atoms with van der Waals surface area (Å²) in [5.41, 5.74) is 9.39. The average Bonchev–Trinajstić information content (AvgIpc) is 3.32. The summed E-state index contributed by atoms with van der Waals surface area (Å²) in [4.78, 5) is 9.02. The number of nitriles is 2. The lowest BCUT2D eigenvalue weighted by atomic mass is 9.97. The fourth-order valence-electron chi connectivity index (χ4n) is 3.19. The van der Waals surface area contributed by atoms with Crippen LogP contribution in [0.5, 0.6) is 5.75 Å². The highest BCUT2D eigenvalue weighted by Gasteiger charge is 2.21. The second-order valence-corrected chi connectivity index (χ2v) is 9.09. The van der Waals surface area contributed by atoms with Gasteiger partial charge in [0.25, 0.3) is 0 Å². The number of halogens is 1. The summed E-state index contributed by atoms with van der Waals surface area (Å²) in [6, 6.07) is 18.5. The van der Waals surface area contributed by atoms with Gasteiger partial charge in [-0.1, -0.05) is 54.1 Å². The number of rotatable bonds is 6. The molecule has 0 aliphatic heterocycles. The van der Waals surface area contributed by atoms with Crippen LogP contribution in [-0.2, 0) is 5.75 Å². The zero-order valence-electron chi connectivity index (χ0n) is 17.4. The number of hydrogen-bond donors (Lipinski definition) is 1. The van der Waals surface area contributed by atoms with Gasteiger partial charge >= 0.3 is 0 Å². The molecule has 0 saturated carbocycles. The Kier molecular flexibility index (Phi) is 7.01. The fraction of sp³-hybridized carbons (Fsp3) is 0.0400. The van der Waals surface area contributed by atoms with Gasteiger partial charge < -0.3 is 10.5 Å². The van der Waals surface area contributed by atoms with Gasteiger partial charge in [-0.2, -0.15) is 10.5 Å². The van der Waals surface area contributed by atoms with Crippen molar-refractivity contribution in [1.82, 2.24) is 9.97 Å². The SMILES string of the molecule is C#COc1ccc(-c2c(C#N)c(N)nc(SCc3csc(-c4ccc(Cl)cc4)n3)c2C#N)cc1. The molecule has 164 valence electrons. The molecule has 0 aliphatic rings. The van der Waals surface area contributed by atoms with Crippen molar-refractivity contribution in [1.29, 1.82) is 10.5 Å². The number of nitrogen functional groups attached to an aromatic ring is 1. The second-order valence-electron chi connectivity index (χ2n) is 6.83. The molecule has 34 heavy (non-hydrogen) atoms. The lowest BCUT2D eigenvalue weighted by molar-refractivity contribution is 0.521. The Hall–Kier alpha value is -4.00. The molecule has 0 aliphatic carbocycles. The molecule has 0 fully saturated rings. The van der Waals surface area contributed by atoms with E-state index in [0.717, 1.165) is 16.3 Å². The summed E-state index contributed by atoms with van der Waals surface area (Å²) < 4.78 is 5.03. The van der Waals surface area contributed by atoms with Crippen molar-refractivity contribution in [2.24, 2.45) is 0 Å². The minimum Gasteiger partial charge on any atom is -0.408 e. The molecule has 2 aromatic carbocycles. The maximum absolute atomic E-state index is 9.95. The van der Waals surface area contributed by atoms with Gasteiger partial charge in [0.05, 0.1) is 11.3 Å². The maximum atomic E-state index is 9.95. The van der Waals surface area contributed by atoms with E-state index in [9.17, 15) is 10.5 Å². The number of thiazole rings is 1. The van der Waals surface area contributed by atoms with Gasteiger partial charge in [0, 0.05) is 27.3 Å². The van der Waals surface area contributed by atoms with E-state index in [0.29, 0.717) is 32.7 Å². The normalized spacial score (nSPS) is 10.2. The smallest absolute Gasteiger partial charge is 0.143 e. The second kappa shape index (κ2) is 10.3. The number of aromatic nitrogens is 2. The number of nitrogens with two attached hydrogens (primary N) is 1. The van der Waals surface area contributed by atoms with E-state index in [2.05, 4.69) is 28.2 Å². The third kappa shape index (κ3) is 4.83. The van der Waals surface area contributed by atoms with Crippen LogP contribution in [0.15, 0.2) is 58.9 Å². The Bertz CT molecular complexity index is 1480. The number of nitrogens with zero attached hydrogens (tertiary/aromatic N) is 4. The third-order valence-corrected chi connectivity index (χ3v) is 6.94. The van der Waals surface area contributed by atoms with Crippen LogP contribution in [0.4, 0.5) is 5.82 Å². The number of pyridine rings is 1. The van der Waals surface area contributed by atoms with Crippen LogP contribution in [0.3, 0.4) is 0 Å². The van der Waals surface area contributed by atoms with Crippen molar-refractivity contribution in [2.75, 3.05) is 5.73 Å². The number of benzene rings is 2. The number of ether oxygens (including phenoxy) is 1. The monoisotopic (exact) mass is 499 g/mol. The van der Waals surface area contributed by atoms with Gasteiger partial charge in [0.15, 0.2) is 0 Å². The highest BCUT2D eigenvalue weighted by atomic mass is 35.5. The van der Waals surface area contributed by atoms with Gasteiger partial charge in [0.1, 0.15) is 45.4 Å². The van der Waals surface area contributed by atoms with Gasteiger partial charge in [-0.25, -0.2) is 9.97 Å². The van der Waals surface area contributed by atoms with Gasteiger partial charge in [-0.15, -0.1) is 11.3 Å². The van der Waals surface area contributed by atoms with E-state index >= 15 is 0 Å². The first kappa shape index (κ1) is 23.2. The lowest BCUT2D eigenvalue weighted by Crippen LogP contribution is -2.03. The largest absolute Gasteiger partial charge is 0.408 e. The maximum Gasteiger partial charge on any atom is 0.143 e. The molecule has 2 N–H and O–H groups in total. The van der Waals surface area contributed by atoms with Crippen LogP contribution in [0.25, 0.3) is 21.7 Å². The molecular formula is C25H14ClN5OS2. The van der Waals surface area contributed by atoms with E-state index in [1.54, 1.807) is 24.3 Å². The zero-order valence-corrected chi connectivity index (χ0v) is 19.8. The predicted octanol–water partition coefficient (Wildman–Crippen LogP) is 6.11. The molecule has 4 aromatic rings. The number of thioether (sulfide) groups is 1. The lowest BCUT2D eigenvalue weighted by Gasteiger charge is -2.13. The summed E-state index contributed by atoms with van der Waals surface area (Å²) in [6.45, 7) is 0. The molecule has 2 aromatic heterocycles. The standard InChI is InChI=1S/C25H14ClN5OS2/c1-2-32-19-9-5-15(6-10-19)22-20(11-27)23(29)31-25(21(22)12-28)34-14-18-13-33-24(30-18)16-3-7-17(26)8-4-16/h1,3-10,13H,14H2,(H2,29,31). The first-order chi connectivity index (χ1) is 16.5. The third-order valence-electron chi connectivity index (χ3n) is 4.74. The summed E-state index contributed by atoms with van der Waals surface area (Å²) in [5.74, 6) is 1.01. The molecule has 9 heteroatoms. The predicted molar refractivity (Wildman–Crippen MR) is 135 cm³/mol. The van der Waals surface area contributed by atoms with Crippen LogP contribution in [-0.4, -0.2) is 9.97 Å². The Morgan fingerprint density at radius 1 is 1.00 bits per heavy atom. The van der Waals surface area contributed by atoms with Crippen LogP contribution < -0.4 is 10.5 Å². The molecule has 0 amide bonds. The van der Waals surface area contributed by atoms with Gasteiger partial charge in [0.2, 0.25) is 0 Å². The summed E-state index contributed by atoms with van der Waals surface area (Å²) in [5, 5.41) is 23.6. The van der Waals surface area contributed by atoms with Gasteiger partial charge in [-0.05, 0) is 29.8 Å². The molecule has 6 nitrogen and oxygen atoms in total. The van der Waals surface area contributed by atoms with Crippen molar-refractivity contribution in [3.63, 3.8) is 0 Å². The quantitative estimate of drug-likeness (QED) is 0.251. The molecule has 4 rings (SSSR count). The topological polar surface area (TPSA) is 109 Å². The van der Waals surface area contributed by atoms with E-state index in [-0.39, 0.29) is 16.9 Å². The molecule has 0 spiro atoms. The Morgan fingerprint density at radius 2 is 1.68 bits per heavy atom. The van der Waals surface area contributed by atoms with Crippen molar-refractivity contribution >= 4 is 40.5 Å². The van der Waals surface area contributed by atoms with Crippen LogP contribution in [0, 0.1) is 35.2 Å². The minimum atomic E-state index is 0.0584. The number of hydrogen-bond acceptors (Lipinski definition) is 8. The summed E-state index contributed by atoms with van der Waals surface area (Å²) in [6.07, 6.45) is 7.27. The first-order valence-corrected chi connectivity index (χ1v) is 12.0. The zero-order chi connectivity index (χ0) is 24.1. The molecule has 0 saturated heterocycles. The number of terminal acetylenes is 1. The van der Waals surface area contributed by atoms with E-state index < -0.39 is 0 Å². The van der Waals surface area contributed by atoms with Crippen molar-refractivity contribution in [2.45, 2.75) is 10.8 Å². The first-order valence-electron chi connectivity index (χ1n) is 9.73. The van der Waals surface area contributed by atoms with Crippen LogP contribution in [0.1, 0.15) is 16.8 Å². The molecule has 0 atom stereocenters. The summed E-state index contributed by atoms with van der Waals surface area (Å²) >= 11 is 8.83. The van der Waals surface area contributed by atoms with E-state index in [1.807, 2.05) is 29.6 Å². The van der Waals surface area contributed by atoms with Crippen molar-refractivity contribution in [3.8, 4) is 52.1 Å². The number of anilines is 1. The Balaban J connectivity index is 1.65. The van der Waals surface area contributed by atoms with E-state index in [4.69, 9.17) is 28.5 Å². The Labute approximate surface area is 209 Å². The van der Waals surface area contributed by atoms with Gasteiger partial charge in [-0.3, -0.25) is 0 Å². The molecule has 0 unspecified atom stereocenters. The molecular weight excluding hydrogens is 486 g/mol. The molecule has 2 heterocycles. The average molecular weight is 500 g/mol. The van der Waals surface area contributed by atoms with Crippen molar-refractivity contribution < 1.29 is 4.74 Å².